The van der Waals surface area contributed by atoms with Gasteiger partial charge in [0.2, 0.25) is 5.91 Å². The van der Waals surface area contributed by atoms with Crippen LogP contribution in [0.1, 0.15) is 36.3 Å². The molecule has 0 bridgehead atoms. The fourth-order valence-electron chi connectivity index (χ4n) is 3.66. The minimum atomic E-state index is -4.33. The van der Waals surface area contributed by atoms with Crippen molar-refractivity contribution >= 4 is 5.91 Å². The van der Waals surface area contributed by atoms with Crippen LogP contribution in [0.25, 0.3) is 0 Å². The minimum Gasteiger partial charge on any atom is -0.342 e. The van der Waals surface area contributed by atoms with Gasteiger partial charge in [-0.1, -0.05) is 18.2 Å². The van der Waals surface area contributed by atoms with E-state index in [-0.39, 0.29) is 17.7 Å². The molecule has 1 amide bonds. The van der Waals surface area contributed by atoms with E-state index in [4.69, 9.17) is 0 Å². The van der Waals surface area contributed by atoms with Crippen molar-refractivity contribution in [2.75, 3.05) is 26.7 Å². The van der Waals surface area contributed by atoms with E-state index in [0.29, 0.717) is 17.9 Å². The van der Waals surface area contributed by atoms with Crippen LogP contribution in [-0.2, 0) is 11.0 Å². The number of halogens is 3. The van der Waals surface area contributed by atoms with Crippen LogP contribution in [0.4, 0.5) is 13.2 Å². The first-order valence-corrected chi connectivity index (χ1v) is 8.50. The highest BCUT2D eigenvalue weighted by atomic mass is 19.4. The smallest absolute Gasteiger partial charge is 0.342 e. The molecule has 0 aromatic heterocycles. The molecule has 3 nitrogen and oxygen atoms in total. The van der Waals surface area contributed by atoms with Crippen LogP contribution in [0.2, 0.25) is 0 Å². The van der Waals surface area contributed by atoms with Gasteiger partial charge in [-0.15, -0.1) is 0 Å². The topological polar surface area (TPSA) is 32.3 Å². The largest absolute Gasteiger partial charge is 0.416 e. The molecule has 2 aliphatic rings. The molecule has 24 heavy (non-hydrogen) atoms. The Balaban J connectivity index is 1.58. The predicted molar refractivity (Wildman–Crippen MR) is 85.5 cm³/mol. The molecule has 1 heterocycles. The molecule has 2 atom stereocenters. The number of hydrogen-bond acceptors (Lipinski definition) is 2. The van der Waals surface area contributed by atoms with Gasteiger partial charge in [-0.2, -0.15) is 13.2 Å². The van der Waals surface area contributed by atoms with Crippen molar-refractivity contribution in [2.24, 2.45) is 11.8 Å². The summed E-state index contributed by atoms with van der Waals surface area (Å²) < 4.78 is 38.5. The van der Waals surface area contributed by atoms with Crippen LogP contribution in [0.5, 0.6) is 0 Å². The molecule has 1 N–H and O–H groups in total. The third-order valence-electron chi connectivity index (χ3n) is 5.17. The number of nitrogens with one attached hydrogen (secondary N) is 1. The SMILES string of the molecule is CNCC1CCN(C(=O)C2CC2c2cccc(C(F)(F)F)c2)CC1. The summed E-state index contributed by atoms with van der Waals surface area (Å²) in [6.07, 6.45) is -1.68. The standard InChI is InChI=1S/C18H23F3N2O/c1-22-11-12-5-7-23(8-6-12)17(24)16-10-15(16)13-3-2-4-14(9-13)18(19,20)21/h2-4,9,12,15-16,22H,5-8,10-11H2,1H3. The number of hydrogen-bond donors (Lipinski definition) is 1. The average Bonchev–Trinajstić information content (AvgIpc) is 3.35. The average molecular weight is 340 g/mol. The Kier molecular flexibility index (Phi) is 4.85. The highest BCUT2D eigenvalue weighted by Gasteiger charge is 2.46. The minimum absolute atomic E-state index is 0.0603. The fourth-order valence-corrected chi connectivity index (χ4v) is 3.66. The van der Waals surface area contributed by atoms with E-state index in [2.05, 4.69) is 5.32 Å². The number of piperidine rings is 1. The van der Waals surface area contributed by atoms with Gasteiger partial charge in [-0.3, -0.25) is 4.79 Å². The Bertz CT molecular complexity index is 594. The van der Waals surface area contributed by atoms with Gasteiger partial charge in [0.15, 0.2) is 0 Å². The van der Waals surface area contributed by atoms with Gasteiger partial charge in [0, 0.05) is 19.0 Å². The normalized spacial score (nSPS) is 24.9. The maximum Gasteiger partial charge on any atom is 0.416 e. The lowest BCUT2D eigenvalue weighted by molar-refractivity contribution is -0.137. The van der Waals surface area contributed by atoms with E-state index in [0.717, 1.165) is 38.5 Å². The van der Waals surface area contributed by atoms with Crippen LogP contribution in [-0.4, -0.2) is 37.5 Å². The fraction of sp³-hybridized carbons (Fsp3) is 0.611. The Morgan fingerprint density at radius 3 is 2.62 bits per heavy atom. The number of benzene rings is 1. The highest BCUT2D eigenvalue weighted by molar-refractivity contribution is 5.83. The van der Waals surface area contributed by atoms with Crippen molar-refractivity contribution < 1.29 is 18.0 Å². The Hall–Kier alpha value is -1.56. The summed E-state index contributed by atoms with van der Waals surface area (Å²) in [5.41, 5.74) is -0.000720. The van der Waals surface area contributed by atoms with E-state index >= 15 is 0 Å². The number of amides is 1. The molecule has 3 rings (SSSR count). The van der Waals surface area contributed by atoms with Crippen LogP contribution in [0, 0.1) is 11.8 Å². The van der Waals surface area contributed by atoms with Crippen molar-refractivity contribution in [3.8, 4) is 0 Å². The number of carbonyl (C=O) groups excluding carboxylic acids is 1. The quantitative estimate of drug-likeness (QED) is 0.912. The summed E-state index contributed by atoms with van der Waals surface area (Å²) in [6, 6.07) is 5.40. The predicted octanol–water partition coefficient (Wildman–Crippen LogP) is 3.27. The molecule has 1 aromatic rings. The van der Waals surface area contributed by atoms with Crippen LogP contribution < -0.4 is 5.32 Å². The van der Waals surface area contributed by atoms with Gasteiger partial charge in [0.05, 0.1) is 5.56 Å². The first-order chi connectivity index (χ1) is 11.4. The van der Waals surface area contributed by atoms with E-state index in [1.54, 1.807) is 6.07 Å². The zero-order valence-corrected chi connectivity index (χ0v) is 13.8. The van der Waals surface area contributed by atoms with Gasteiger partial charge >= 0.3 is 6.18 Å². The zero-order chi connectivity index (χ0) is 17.3. The maximum absolute atomic E-state index is 12.8. The van der Waals surface area contributed by atoms with Crippen molar-refractivity contribution in [3.05, 3.63) is 35.4 Å². The molecule has 132 valence electrons. The van der Waals surface area contributed by atoms with Crippen LogP contribution >= 0.6 is 0 Å². The van der Waals surface area contributed by atoms with Crippen molar-refractivity contribution in [2.45, 2.75) is 31.4 Å². The highest BCUT2D eigenvalue weighted by Crippen LogP contribution is 2.49. The lowest BCUT2D eigenvalue weighted by Gasteiger charge is -2.32. The number of alkyl halides is 3. The van der Waals surface area contributed by atoms with E-state index in [1.165, 1.54) is 12.1 Å². The lowest BCUT2D eigenvalue weighted by Crippen LogP contribution is -2.41. The number of nitrogens with zero attached hydrogens (tertiary/aromatic N) is 1. The Morgan fingerprint density at radius 1 is 1.29 bits per heavy atom. The molecule has 1 saturated carbocycles. The van der Waals surface area contributed by atoms with E-state index in [9.17, 15) is 18.0 Å². The monoisotopic (exact) mass is 340 g/mol. The van der Waals surface area contributed by atoms with E-state index < -0.39 is 11.7 Å². The molecule has 2 fully saturated rings. The van der Waals surface area contributed by atoms with Crippen LogP contribution in [0.3, 0.4) is 0 Å². The summed E-state index contributed by atoms with van der Waals surface area (Å²) in [5, 5.41) is 3.17. The number of carbonyl (C=O) groups is 1. The second kappa shape index (κ2) is 6.75. The summed E-state index contributed by atoms with van der Waals surface area (Å²) in [6.45, 7) is 2.49. The van der Waals surface area contributed by atoms with Gasteiger partial charge in [-0.05, 0) is 56.3 Å². The summed E-state index contributed by atoms with van der Waals surface area (Å²) in [4.78, 5) is 14.5. The van der Waals surface area contributed by atoms with Gasteiger partial charge in [0.25, 0.3) is 0 Å². The van der Waals surface area contributed by atoms with Crippen molar-refractivity contribution in [1.82, 2.24) is 10.2 Å². The van der Waals surface area contributed by atoms with Crippen molar-refractivity contribution in [3.63, 3.8) is 0 Å². The Morgan fingerprint density at radius 2 is 2.00 bits per heavy atom. The van der Waals surface area contributed by atoms with Crippen LogP contribution in [0.15, 0.2) is 24.3 Å². The Labute approximate surface area is 140 Å². The van der Waals surface area contributed by atoms with Gasteiger partial charge < -0.3 is 10.2 Å². The second-order valence-corrected chi connectivity index (χ2v) is 6.90. The summed E-state index contributed by atoms with van der Waals surface area (Å²) >= 11 is 0. The molecule has 0 radical (unpaired) electrons. The van der Waals surface area contributed by atoms with Gasteiger partial charge in [-0.25, -0.2) is 0 Å². The lowest BCUT2D eigenvalue weighted by atomic mass is 9.96. The number of rotatable bonds is 4. The first-order valence-electron chi connectivity index (χ1n) is 8.50. The maximum atomic E-state index is 12.8. The molecular weight excluding hydrogens is 317 g/mol. The third kappa shape index (κ3) is 3.74. The second-order valence-electron chi connectivity index (χ2n) is 6.90. The molecular formula is C18H23F3N2O. The third-order valence-corrected chi connectivity index (χ3v) is 5.17. The zero-order valence-electron chi connectivity index (χ0n) is 13.8. The molecule has 0 spiro atoms. The summed E-state index contributed by atoms with van der Waals surface area (Å²) in [7, 11) is 1.93. The molecule has 2 unspecified atom stereocenters. The molecule has 1 aliphatic heterocycles. The molecule has 1 aromatic carbocycles. The molecule has 1 aliphatic carbocycles. The number of likely N-dealkylation sites (tertiary alicyclic amines) is 1. The van der Waals surface area contributed by atoms with Crippen molar-refractivity contribution in [1.29, 1.82) is 0 Å². The van der Waals surface area contributed by atoms with E-state index in [1.807, 2.05) is 11.9 Å². The first kappa shape index (κ1) is 17.3. The van der Waals surface area contributed by atoms with Gasteiger partial charge in [0.1, 0.15) is 0 Å². The molecule has 1 saturated heterocycles. The summed E-state index contributed by atoms with van der Waals surface area (Å²) in [5.74, 6) is 0.516. The molecule has 6 heteroatoms.